The zero-order valence-electron chi connectivity index (χ0n) is 7.64. The van der Waals surface area contributed by atoms with Gasteiger partial charge in [-0.15, -0.1) is 0 Å². The molecule has 0 aromatic carbocycles. The first-order valence-corrected chi connectivity index (χ1v) is 4.18. The molecular weight excluding hydrogens is 138 g/mol. The van der Waals surface area contributed by atoms with Crippen LogP contribution in [0.2, 0.25) is 0 Å². The topological polar surface area (TPSA) is 23.5 Å². The van der Waals surface area contributed by atoms with Crippen LogP contribution in [-0.2, 0) is 0 Å². The average molecular weight is 157 g/mol. The van der Waals surface area contributed by atoms with Crippen molar-refractivity contribution in [3.05, 3.63) is 12.2 Å². The van der Waals surface area contributed by atoms with Crippen LogP contribution in [0.25, 0.3) is 0 Å². The number of rotatable bonds is 6. The summed E-state index contributed by atoms with van der Waals surface area (Å²) in [4.78, 5) is 2.28. The van der Waals surface area contributed by atoms with E-state index < -0.39 is 0 Å². The molecule has 0 aliphatic carbocycles. The molecule has 0 atom stereocenters. The number of likely N-dealkylation sites (N-methyl/N-ethyl adjacent to an activating group) is 1. The van der Waals surface area contributed by atoms with Gasteiger partial charge in [0.1, 0.15) is 0 Å². The van der Waals surface area contributed by atoms with E-state index in [-0.39, 0.29) is 6.61 Å². The standard InChI is InChI=1S/C9H19NO/c1-4-10(6-5-7-11)8-9(2)3/h11H,2,4-8H2,1,3H3. The highest BCUT2D eigenvalue weighted by Gasteiger charge is 2.00. The minimum Gasteiger partial charge on any atom is -0.396 e. The molecule has 0 saturated heterocycles. The predicted octanol–water partition coefficient (Wildman–Crippen LogP) is 1.27. The van der Waals surface area contributed by atoms with Crippen molar-refractivity contribution in [2.24, 2.45) is 0 Å². The fourth-order valence-electron chi connectivity index (χ4n) is 1.03. The summed E-state index contributed by atoms with van der Waals surface area (Å²) in [5, 5.41) is 8.60. The van der Waals surface area contributed by atoms with Crippen molar-refractivity contribution < 1.29 is 5.11 Å². The summed E-state index contributed by atoms with van der Waals surface area (Å²) in [7, 11) is 0. The maximum Gasteiger partial charge on any atom is 0.0443 e. The van der Waals surface area contributed by atoms with Crippen LogP contribution in [-0.4, -0.2) is 36.2 Å². The Labute approximate surface area is 69.5 Å². The van der Waals surface area contributed by atoms with Gasteiger partial charge in [0.25, 0.3) is 0 Å². The summed E-state index contributed by atoms with van der Waals surface area (Å²) in [6, 6.07) is 0. The Kier molecular flexibility index (Phi) is 6.18. The van der Waals surface area contributed by atoms with Crippen LogP contribution in [0, 0.1) is 0 Å². The Morgan fingerprint density at radius 3 is 2.55 bits per heavy atom. The normalized spacial score (nSPS) is 10.5. The third-order valence-corrected chi connectivity index (χ3v) is 1.57. The quantitative estimate of drug-likeness (QED) is 0.587. The van der Waals surface area contributed by atoms with E-state index in [1.54, 1.807) is 0 Å². The van der Waals surface area contributed by atoms with Crippen molar-refractivity contribution in [1.82, 2.24) is 4.90 Å². The van der Waals surface area contributed by atoms with E-state index >= 15 is 0 Å². The highest BCUT2D eigenvalue weighted by atomic mass is 16.3. The molecule has 0 bridgehead atoms. The molecule has 0 fully saturated rings. The van der Waals surface area contributed by atoms with Crippen LogP contribution in [0.3, 0.4) is 0 Å². The van der Waals surface area contributed by atoms with Gasteiger partial charge in [-0.25, -0.2) is 0 Å². The van der Waals surface area contributed by atoms with Gasteiger partial charge in [-0.1, -0.05) is 19.1 Å². The summed E-state index contributed by atoms with van der Waals surface area (Å²) in [5.41, 5.74) is 1.18. The Bertz CT molecular complexity index is 112. The smallest absolute Gasteiger partial charge is 0.0443 e. The van der Waals surface area contributed by atoms with E-state index in [1.807, 2.05) is 6.92 Å². The molecule has 0 aliphatic rings. The van der Waals surface area contributed by atoms with Gasteiger partial charge in [0.2, 0.25) is 0 Å². The molecule has 0 rings (SSSR count). The van der Waals surface area contributed by atoms with Crippen molar-refractivity contribution in [1.29, 1.82) is 0 Å². The molecule has 0 aliphatic heterocycles. The monoisotopic (exact) mass is 157 g/mol. The van der Waals surface area contributed by atoms with Crippen LogP contribution in [0.5, 0.6) is 0 Å². The first-order chi connectivity index (χ1) is 5.20. The Hall–Kier alpha value is -0.340. The van der Waals surface area contributed by atoms with Gasteiger partial charge < -0.3 is 5.11 Å². The summed E-state index contributed by atoms with van der Waals surface area (Å²) in [5.74, 6) is 0. The second kappa shape index (κ2) is 6.38. The maximum atomic E-state index is 8.60. The SMILES string of the molecule is C=C(C)CN(CC)CCCO. The van der Waals surface area contributed by atoms with E-state index in [9.17, 15) is 0 Å². The molecule has 0 aromatic rings. The first-order valence-electron chi connectivity index (χ1n) is 4.18. The van der Waals surface area contributed by atoms with E-state index in [0.717, 1.165) is 26.1 Å². The number of aliphatic hydroxyl groups is 1. The largest absolute Gasteiger partial charge is 0.396 e. The lowest BCUT2D eigenvalue weighted by molar-refractivity contribution is 0.239. The van der Waals surface area contributed by atoms with Crippen LogP contribution >= 0.6 is 0 Å². The van der Waals surface area contributed by atoms with Gasteiger partial charge in [0, 0.05) is 19.7 Å². The van der Waals surface area contributed by atoms with Crippen molar-refractivity contribution >= 4 is 0 Å². The third kappa shape index (κ3) is 6.07. The minimum absolute atomic E-state index is 0.284. The zero-order chi connectivity index (χ0) is 8.69. The van der Waals surface area contributed by atoms with Gasteiger partial charge in [-0.3, -0.25) is 4.90 Å². The Morgan fingerprint density at radius 1 is 1.55 bits per heavy atom. The molecule has 2 nitrogen and oxygen atoms in total. The molecule has 0 saturated carbocycles. The Morgan fingerprint density at radius 2 is 2.18 bits per heavy atom. The van der Waals surface area contributed by atoms with Gasteiger partial charge in [0.05, 0.1) is 0 Å². The molecule has 0 radical (unpaired) electrons. The average Bonchev–Trinajstić information content (AvgIpc) is 1.97. The van der Waals surface area contributed by atoms with Crippen molar-refractivity contribution in [3.63, 3.8) is 0 Å². The number of nitrogens with zero attached hydrogens (tertiary/aromatic N) is 1. The summed E-state index contributed by atoms with van der Waals surface area (Å²) < 4.78 is 0. The first kappa shape index (κ1) is 10.7. The third-order valence-electron chi connectivity index (χ3n) is 1.57. The molecule has 66 valence electrons. The van der Waals surface area contributed by atoms with Crippen LogP contribution in [0.4, 0.5) is 0 Å². The van der Waals surface area contributed by atoms with Crippen LogP contribution in [0.15, 0.2) is 12.2 Å². The lowest BCUT2D eigenvalue weighted by atomic mass is 10.3. The van der Waals surface area contributed by atoms with Crippen molar-refractivity contribution in [3.8, 4) is 0 Å². The second-order valence-electron chi connectivity index (χ2n) is 2.90. The van der Waals surface area contributed by atoms with Gasteiger partial charge in [-0.05, 0) is 19.9 Å². The van der Waals surface area contributed by atoms with E-state index in [0.29, 0.717) is 0 Å². The number of hydrogen-bond donors (Lipinski definition) is 1. The molecule has 2 heteroatoms. The minimum atomic E-state index is 0.284. The number of aliphatic hydroxyl groups excluding tert-OH is 1. The molecule has 0 aromatic heterocycles. The van der Waals surface area contributed by atoms with Gasteiger partial charge in [-0.2, -0.15) is 0 Å². The lowest BCUT2D eigenvalue weighted by Gasteiger charge is -2.19. The molecule has 0 amide bonds. The summed E-state index contributed by atoms with van der Waals surface area (Å²) in [6.07, 6.45) is 0.862. The van der Waals surface area contributed by atoms with E-state index in [4.69, 9.17) is 5.11 Å². The highest BCUT2D eigenvalue weighted by Crippen LogP contribution is 1.96. The molecule has 0 unspecified atom stereocenters. The zero-order valence-corrected chi connectivity index (χ0v) is 7.64. The fourth-order valence-corrected chi connectivity index (χ4v) is 1.03. The lowest BCUT2D eigenvalue weighted by Crippen LogP contribution is -2.26. The second-order valence-corrected chi connectivity index (χ2v) is 2.90. The predicted molar refractivity (Wildman–Crippen MR) is 48.6 cm³/mol. The molecule has 0 heterocycles. The summed E-state index contributed by atoms with van der Waals surface area (Å²) >= 11 is 0. The summed E-state index contributed by atoms with van der Waals surface area (Å²) in [6.45, 7) is 11.2. The van der Waals surface area contributed by atoms with Crippen LogP contribution in [0.1, 0.15) is 20.3 Å². The molecule has 0 spiro atoms. The van der Waals surface area contributed by atoms with Gasteiger partial charge in [0.15, 0.2) is 0 Å². The van der Waals surface area contributed by atoms with Gasteiger partial charge >= 0.3 is 0 Å². The van der Waals surface area contributed by atoms with E-state index in [1.165, 1.54) is 5.57 Å². The Balaban J connectivity index is 3.49. The number of hydrogen-bond acceptors (Lipinski definition) is 2. The molecule has 11 heavy (non-hydrogen) atoms. The van der Waals surface area contributed by atoms with E-state index in [2.05, 4.69) is 18.4 Å². The van der Waals surface area contributed by atoms with Crippen molar-refractivity contribution in [2.45, 2.75) is 20.3 Å². The maximum absolute atomic E-state index is 8.60. The highest BCUT2D eigenvalue weighted by molar-refractivity contribution is 4.91. The fraction of sp³-hybridized carbons (Fsp3) is 0.778. The molecular formula is C9H19NO. The van der Waals surface area contributed by atoms with Crippen molar-refractivity contribution in [2.75, 3.05) is 26.2 Å². The van der Waals surface area contributed by atoms with Crippen LogP contribution < -0.4 is 0 Å². The molecule has 1 N–H and O–H groups in total.